The average molecular weight is 356 g/mol. The van der Waals surface area contributed by atoms with Crippen LogP contribution in [0.25, 0.3) is 0 Å². The van der Waals surface area contributed by atoms with E-state index in [2.05, 4.69) is 6.58 Å². The van der Waals surface area contributed by atoms with Gasteiger partial charge in [0.2, 0.25) is 0 Å². The third-order valence-electron chi connectivity index (χ3n) is 3.27. The van der Waals surface area contributed by atoms with Crippen molar-refractivity contribution in [3.63, 3.8) is 0 Å². The monoisotopic (exact) mass is 356 g/mol. The Bertz CT molecular complexity index is 699. The first kappa shape index (κ1) is 19.1. The van der Waals surface area contributed by atoms with Gasteiger partial charge in [-0.15, -0.1) is 0 Å². The van der Waals surface area contributed by atoms with Crippen LogP contribution in [-0.4, -0.2) is 25.0 Å². The zero-order valence-electron chi connectivity index (χ0n) is 14.2. The summed E-state index contributed by atoms with van der Waals surface area (Å²) in [6, 6.07) is 18.4. The molecule has 0 aliphatic heterocycles. The smallest absolute Gasteiger partial charge is 0.430 e. The van der Waals surface area contributed by atoms with Crippen molar-refractivity contribution in [2.24, 2.45) is 0 Å². The summed E-state index contributed by atoms with van der Waals surface area (Å²) in [5, 5.41) is 0. The molecule has 6 heteroatoms. The van der Waals surface area contributed by atoms with Crippen molar-refractivity contribution >= 4 is 12.3 Å². The molecule has 6 nitrogen and oxygen atoms in total. The van der Waals surface area contributed by atoms with Crippen molar-refractivity contribution in [2.75, 3.05) is 6.61 Å². The molecule has 0 aliphatic carbocycles. The van der Waals surface area contributed by atoms with Crippen LogP contribution >= 0.6 is 0 Å². The van der Waals surface area contributed by atoms with E-state index in [-0.39, 0.29) is 19.8 Å². The Kier molecular flexibility index (Phi) is 7.74. The molecule has 2 rings (SSSR count). The fourth-order valence-corrected chi connectivity index (χ4v) is 1.93. The van der Waals surface area contributed by atoms with Gasteiger partial charge in [-0.05, 0) is 17.2 Å². The predicted octanol–water partition coefficient (Wildman–Crippen LogP) is 4.25. The summed E-state index contributed by atoms with van der Waals surface area (Å²) in [7, 11) is 0. The van der Waals surface area contributed by atoms with E-state index in [1.165, 1.54) is 6.08 Å². The highest BCUT2D eigenvalue weighted by Crippen LogP contribution is 2.05. The molecular weight excluding hydrogens is 336 g/mol. The summed E-state index contributed by atoms with van der Waals surface area (Å²) in [5.41, 5.74) is 1.67. The van der Waals surface area contributed by atoms with E-state index in [0.29, 0.717) is 0 Å². The highest BCUT2D eigenvalue weighted by atomic mass is 16.7. The molecule has 0 radical (unpaired) electrons. The summed E-state index contributed by atoms with van der Waals surface area (Å²) < 4.78 is 19.9. The molecule has 26 heavy (non-hydrogen) atoms. The molecule has 0 fully saturated rings. The Morgan fingerprint density at radius 3 is 1.81 bits per heavy atom. The zero-order valence-corrected chi connectivity index (χ0v) is 14.2. The van der Waals surface area contributed by atoms with Gasteiger partial charge in [0, 0.05) is 0 Å². The van der Waals surface area contributed by atoms with E-state index in [4.69, 9.17) is 18.9 Å². The summed E-state index contributed by atoms with van der Waals surface area (Å²) in [5.74, 6) is 0. The van der Waals surface area contributed by atoms with E-state index < -0.39 is 18.4 Å². The van der Waals surface area contributed by atoms with Crippen LogP contribution in [0.2, 0.25) is 0 Å². The number of rotatable bonds is 8. The van der Waals surface area contributed by atoms with Gasteiger partial charge in [0.1, 0.15) is 19.8 Å². The topological polar surface area (TPSA) is 71.1 Å². The number of benzene rings is 2. The summed E-state index contributed by atoms with van der Waals surface area (Å²) in [6.07, 6.45) is -1.22. The fourth-order valence-electron chi connectivity index (χ4n) is 1.93. The molecule has 1 unspecified atom stereocenters. The molecule has 0 bridgehead atoms. The highest BCUT2D eigenvalue weighted by molar-refractivity contribution is 5.61. The number of hydrogen-bond donors (Lipinski definition) is 0. The summed E-state index contributed by atoms with van der Waals surface area (Å²) in [4.78, 5) is 23.3. The Labute approximate surface area is 151 Å². The summed E-state index contributed by atoms with van der Waals surface area (Å²) in [6.45, 7) is 3.51. The third kappa shape index (κ3) is 7.09. The van der Waals surface area contributed by atoms with Crippen LogP contribution in [0.4, 0.5) is 9.59 Å². The molecule has 0 saturated heterocycles. The first-order valence-corrected chi connectivity index (χ1v) is 8.00. The molecule has 0 amide bonds. The predicted molar refractivity (Wildman–Crippen MR) is 94.3 cm³/mol. The Hall–Kier alpha value is -3.28. The van der Waals surface area contributed by atoms with Crippen molar-refractivity contribution in [1.82, 2.24) is 0 Å². The second-order valence-corrected chi connectivity index (χ2v) is 5.25. The second kappa shape index (κ2) is 10.6. The van der Waals surface area contributed by atoms with Crippen LogP contribution in [0.1, 0.15) is 11.1 Å². The van der Waals surface area contributed by atoms with Crippen molar-refractivity contribution < 1.29 is 28.5 Å². The van der Waals surface area contributed by atoms with Gasteiger partial charge < -0.3 is 18.9 Å². The van der Waals surface area contributed by atoms with E-state index in [1.54, 1.807) is 0 Å². The van der Waals surface area contributed by atoms with Gasteiger partial charge in [0.15, 0.2) is 6.10 Å². The Morgan fingerprint density at radius 2 is 1.31 bits per heavy atom. The normalized spacial score (nSPS) is 11.1. The largest absolute Gasteiger partial charge is 0.509 e. The molecule has 0 aromatic heterocycles. The highest BCUT2D eigenvalue weighted by Gasteiger charge is 2.15. The Balaban J connectivity index is 1.66. The minimum atomic E-state index is -0.875. The third-order valence-corrected chi connectivity index (χ3v) is 3.27. The van der Waals surface area contributed by atoms with Crippen LogP contribution in [0, 0.1) is 0 Å². The standard InChI is InChI=1S/C20H20O6/c1-2-18(26-20(22)24-14-17-11-7-4-8-12-17)15-25-19(21)23-13-16-9-5-3-6-10-16/h2-12,18H,1,13-15H2. The number of carbonyl (C=O) groups is 2. The van der Waals surface area contributed by atoms with Crippen molar-refractivity contribution in [3.8, 4) is 0 Å². The van der Waals surface area contributed by atoms with Gasteiger partial charge in [-0.1, -0.05) is 67.2 Å². The number of carbonyl (C=O) groups excluding carboxylic acids is 2. The van der Waals surface area contributed by atoms with Crippen LogP contribution in [0.15, 0.2) is 73.3 Å². The van der Waals surface area contributed by atoms with Gasteiger partial charge in [0.05, 0.1) is 0 Å². The van der Waals surface area contributed by atoms with Crippen LogP contribution in [0.5, 0.6) is 0 Å². The first-order chi connectivity index (χ1) is 12.7. The Morgan fingerprint density at radius 1 is 0.808 bits per heavy atom. The number of ether oxygens (including phenoxy) is 4. The molecule has 0 heterocycles. The maximum Gasteiger partial charge on any atom is 0.509 e. The maximum absolute atomic E-state index is 11.7. The van der Waals surface area contributed by atoms with E-state index in [0.717, 1.165) is 11.1 Å². The quantitative estimate of drug-likeness (QED) is 0.520. The lowest BCUT2D eigenvalue weighted by atomic mass is 10.2. The molecule has 0 saturated carbocycles. The van der Waals surface area contributed by atoms with Gasteiger partial charge in [-0.25, -0.2) is 9.59 Å². The molecule has 136 valence electrons. The van der Waals surface area contributed by atoms with Gasteiger partial charge in [-0.3, -0.25) is 0 Å². The molecule has 0 aliphatic rings. The average Bonchev–Trinajstić information content (AvgIpc) is 2.69. The lowest BCUT2D eigenvalue weighted by Gasteiger charge is -2.14. The minimum absolute atomic E-state index is 0.0868. The molecule has 2 aromatic rings. The minimum Gasteiger partial charge on any atom is -0.430 e. The summed E-state index contributed by atoms with van der Waals surface area (Å²) >= 11 is 0. The number of hydrogen-bond acceptors (Lipinski definition) is 6. The lowest BCUT2D eigenvalue weighted by Crippen LogP contribution is -2.24. The molecule has 2 aromatic carbocycles. The van der Waals surface area contributed by atoms with Crippen LogP contribution in [-0.2, 0) is 32.2 Å². The molecule has 0 N–H and O–H groups in total. The fraction of sp³-hybridized carbons (Fsp3) is 0.200. The zero-order chi connectivity index (χ0) is 18.6. The molecule has 1 atom stereocenters. The van der Waals surface area contributed by atoms with Crippen molar-refractivity contribution in [3.05, 3.63) is 84.4 Å². The second-order valence-electron chi connectivity index (χ2n) is 5.25. The van der Waals surface area contributed by atoms with Crippen molar-refractivity contribution in [2.45, 2.75) is 19.3 Å². The van der Waals surface area contributed by atoms with Crippen molar-refractivity contribution in [1.29, 1.82) is 0 Å². The molecule has 0 spiro atoms. The van der Waals surface area contributed by atoms with E-state index in [1.807, 2.05) is 60.7 Å². The van der Waals surface area contributed by atoms with Crippen LogP contribution in [0.3, 0.4) is 0 Å². The van der Waals surface area contributed by atoms with Crippen LogP contribution < -0.4 is 0 Å². The van der Waals surface area contributed by atoms with Gasteiger partial charge in [0.25, 0.3) is 0 Å². The van der Waals surface area contributed by atoms with Gasteiger partial charge >= 0.3 is 12.3 Å². The van der Waals surface area contributed by atoms with E-state index in [9.17, 15) is 9.59 Å². The molecular formula is C20H20O6. The SMILES string of the molecule is C=CC(COC(=O)OCc1ccccc1)OC(=O)OCc1ccccc1. The van der Waals surface area contributed by atoms with E-state index >= 15 is 0 Å². The first-order valence-electron chi connectivity index (χ1n) is 8.00. The maximum atomic E-state index is 11.7. The lowest BCUT2D eigenvalue weighted by molar-refractivity contribution is -0.00601. The van der Waals surface area contributed by atoms with Gasteiger partial charge in [-0.2, -0.15) is 0 Å².